The van der Waals surface area contributed by atoms with Crippen LogP contribution in [-0.4, -0.2) is 17.1 Å². The number of benzene rings is 1. The van der Waals surface area contributed by atoms with Crippen molar-refractivity contribution >= 4 is 34.4 Å². The van der Waals surface area contributed by atoms with Gasteiger partial charge in [0.25, 0.3) is 0 Å². The minimum atomic E-state index is 0.750. The Bertz CT molecular complexity index is 562. The van der Waals surface area contributed by atoms with Crippen LogP contribution in [0.2, 0.25) is 0 Å². The highest BCUT2D eigenvalue weighted by molar-refractivity contribution is 7.80. The molecule has 0 atom stereocenters. The fourth-order valence-corrected chi connectivity index (χ4v) is 2.64. The van der Waals surface area contributed by atoms with Gasteiger partial charge in [-0.15, -0.1) is 0 Å². The fraction of sp³-hybridized carbons (Fsp3) is 0.267. The van der Waals surface area contributed by atoms with Crippen LogP contribution in [0.25, 0.3) is 0 Å². The first-order chi connectivity index (χ1) is 9.06. The van der Waals surface area contributed by atoms with Crippen molar-refractivity contribution in [2.45, 2.75) is 20.4 Å². The number of rotatable bonds is 3. The van der Waals surface area contributed by atoms with E-state index in [-0.39, 0.29) is 0 Å². The van der Waals surface area contributed by atoms with Gasteiger partial charge in [0.1, 0.15) is 0 Å². The van der Waals surface area contributed by atoms with Crippen LogP contribution < -0.4 is 5.32 Å². The summed E-state index contributed by atoms with van der Waals surface area (Å²) in [5, 5.41) is 8.31. The normalized spacial score (nSPS) is 10.3. The molecular weight excluding hydrogens is 272 g/mol. The summed E-state index contributed by atoms with van der Waals surface area (Å²) < 4.78 is 0. The molecule has 0 bridgehead atoms. The molecule has 2 aromatic rings. The van der Waals surface area contributed by atoms with Gasteiger partial charge in [0.2, 0.25) is 0 Å². The van der Waals surface area contributed by atoms with Gasteiger partial charge in [0.05, 0.1) is 0 Å². The summed E-state index contributed by atoms with van der Waals surface area (Å²) in [7, 11) is 2.01. The molecule has 1 aromatic carbocycles. The van der Waals surface area contributed by atoms with E-state index in [0.717, 1.165) is 17.3 Å². The third-order valence-electron chi connectivity index (χ3n) is 2.98. The molecule has 0 saturated heterocycles. The molecule has 0 aliphatic heterocycles. The lowest BCUT2D eigenvalue weighted by atomic mass is 10.1. The Morgan fingerprint density at radius 1 is 1.32 bits per heavy atom. The summed E-state index contributed by atoms with van der Waals surface area (Å²) in [6.07, 6.45) is 0. The summed E-state index contributed by atoms with van der Waals surface area (Å²) in [6.45, 7) is 5.01. The Kier molecular flexibility index (Phi) is 4.56. The molecule has 0 radical (unpaired) electrons. The van der Waals surface area contributed by atoms with Crippen LogP contribution in [0.4, 0.5) is 5.69 Å². The number of aryl methyl sites for hydroxylation is 2. The molecular formula is C15H18N2S2. The summed E-state index contributed by atoms with van der Waals surface area (Å²) in [4.78, 5) is 2.05. The molecule has 1 heterocycles. The van der Waals surface area contributed by atoms with Gasteiger partial charge in [0, 0.05) is 19.3 Å². The minimum Gasteiger partial charge on any atom is -0.348 e. The van der Waals surface area contributed by atoms with E-state index in [1.165, 1.54) is 16.7 Å². The Morgan fingerprint density at radius 2 is 2.11 bits per heavy atom. The summed E-state index contributed by atoms with van der Waals surface area (Å²) in [5.41, 5.74) is 4.81. The van der Waals surface area contributed by atoms with E-state index in [9.17, 15) is 0 Å². The maximum Gasteiger partial charge on any atom is 0.173 e. The molecule has 0 aliphatic rings. The molecule has 19 heavy (non-hydrogen) atoms. The Labute approximate surface area is 124 Å². The maximum atomic E-state index is 5.45. The third kappa shape index (κ3) is 3.78. The van der Waals surface area contributed by atoms with Crippen LogP contribution in [0.3, 0.4) is 0 Å². The number of nitrogens with one attached hydrogen (secondary N) is 1. The van der Waals surface area contributed by atoms with Crippen molar-refractivity contribution in [1.29, 1.82) is 0 Å². The summed E-state index contributed by atoms with van der Waals surface area (Å²) in [5.74, 6) is 0. The van der Waals surface area contributed by atoms with Crippen LogP contribution in [0.1, 0.15) is 16.7 Å². The average molecular weight is 290 g/mol. The highest BCUT2D eigenvalue weighted by atomic mass is 32.1. The Morgan fingerprint density at radius 3 is 2.79 bits per heavy atom. The molecule has 4 heteroatoms. The molecule has 0 aliphatic carbocycles. The number of nitrogens with zero attached hydrogens (tertiary/aromatic N) is 1. The SMILES string of the molecule is Cc1ccc(C)c(NC(=S)N(C)Cc2ccsc2)c1. The average Bonchev–Trinajstić information content (AvgIpc) is 2.86. The molecule has 0 fully saturated rings. The summed E-state index contributed by atoms with van der Waals surface area (Å²) in [6, 6.07) is 8.47. The largest absolute Gasteiger partial charge is 0.348 e. The van der Waals surface area contributed by atoms with Gasteiger partial charge < -0.3 is 10.2 Å². The van der Waals surface area contributed by atoms with Gasteiger partial charge in [-0.25, -0.2) is 0 Å². The highest BCUT2D eigenvalue weighted by Crippen LogP contribution is 2.17. The predicted octanol–water partition coefficient (Wildman–Crippen LogP) is 4.19. The van der Waals surface area contributed by atoms with Crippen LogP contribution in [0.15, 0.2) is 35.0 Å². The zero-order valence-electron chi connectivity index (χ0n) is 11.4. The van der Waals surface area contributed by atoms with Crippen molar-refractivity contribution in [2.75, 3.05) is 12.4 Å². The lowest BCUT2D eigenvalue weighted by Crippen LogP contribution is -2.30. The second-order valence-electron chi connectivity index (χ2n) is 4.74. The summed E-state index contributed by atoms with van der Waals surface area (Å²) >= 11 is 7.16. The van der Waals surface area contributed by atoms with Gasteiger partial charge in [-0.3, -0.25) is 0 Å². The van der Waals surface area contributed by atoms with Gasteiger partial charge in [-0.05, 0) is 65.6 Å². The van der Waals surface area contributed by atoms with Crippen molar-refractivity contribution in [1.82, 2.24) is 4.90 Å². The van der Waals surface area contributed by atoms with Crippen molar-refractivity contribution in [3.63, 3.8) is 0 Å². The van der Waals surface area contributed by atoms with Crippen LogP contribution in [0, 0.1) is 13.8 Å². The number of anilines is 1. The molecule has 0 spiro atoms. The van der Waals surface area contributed by atoms with Gasteiger partial charge in [0.15, 0.2) is 5.11 Å². The second kappa shape index (κ2) is 6.17. The number of hydrogen-bond acceptors (Lipinski definition) is 2. The van der Waals surface area contributed by atoms with E-state index in [2.05, 4.69) is 59.1 Å². The van der Waals surface area contributed by atoms with E-state index in [1.807, 2.05) is 7.05 Å². The topological polar surface area (TPSA) is 15.3 Å². The quantitative estimate of drug-likeness (QED) is 0.853. The predicted molar refractivity (Wildman–Crippen MR) is 87.9 cm³/mol. The molecule has 100 valence electrons. The van der Waals surface area contributed by atoms with Crippen molar-refractivity contribution in [2.24, 2.45) is 0 Å². The third-order valence-corrected chi connectivity index (χ3v) is 4.13. The number of hydrogen-bond donors (Lipinski definition) is 1. The molecule has 1 aromatic heterocycles. The molecule has 0 saturated carbocycles. The van der Waals surface area contributed by atoms with Crippen molar-refractivity contribution < 1.29 is 0 Å². The zero-order chi connectivity index (χ0) is 13.8. The van der Waals surface area contributed by atoms with Crippen LogP contribution in [0.5, 0.6) is 0 Å². The van der Waals surface area contributed by atoms with Crippen molar-refractivity contribution in [3.8, 4) is 0 Å². The molecule has 2 nitrogen and oxygen atoms in total. The van der Waals surface area contributed by atoms with E-state index in [4.69, 9.17) is 12.2 Å². The first-order valence-electron chi connectivity index (χ1n) is 6.16. The van der Waals surface area contributed by atoms with E-state index < -0.39 is 0 Å². The second-order valence-corrected chi connectivity index (χ2v) is 5.90. The molecule has 0 unspecified atom stereocenters. The van der Waals surface area contributed by atoms with Gasteiger partial charge in [-0.1, -0.05) is 12.1 Å². The minimum absolute atomic E-state index is 0.750. The Balaban J connectivity index is 2.02. The Hall–Kier alpha value is -1.39. The first kappa shape index (κ1) is 14.0. The zero-order valence-corrected chi connectivity index (χ0v) is 13.1. The monoisotopic (exact) mass is 290 g/mol. The maximum absolute atomic E-state index is 5.45. The first-order valence-corrected chi connectivity index (χ1v) is 7.52. The molecule has 1 N–H and O–H groups in total. The highest BCUT2D eigenvalue weighted by Gasteiger charge is 2.07. The van der Waals surface area contributed by atoms with Gasteiger partial charge >= 0.3 is 0 Å². The fourth-order valence-electron chi connectivity index (χ4n) is 1.81. The molecule has 0 amide bonds. The van der Waals surface area contributed by atoms with E-state index in [1.54, 1.807) is 11.3 Å². The van der Waals surface area contributed by atoms with Crippen LogP contribution >= 0.6 is 23.6 Å². The lowest BCUT2D eigenvalue weighted by Gasteiger charge is -2.21. The standard InChI is InChI=1S/C15H18N2S2/c1-11-4-5-12(2)14(8-11)16-15(18)17(3)9-13-6-7-19-10-13/h4-8,10H,9H2,1-3H3,(H,16,18). The molecule has 2 rings (SSSR count). The number of thiocarbonyl (C=S) groups is 1. The van der Waals surface area contributed by atoms with Gasteiger partial charge in [-0.2, -0.15) is 11.3 Å². The van der Waals surface area contributed by atoms with E-state index >= 15 is 0 Å². The smallest absolute Gasteiger partial charge is 0.173 e. The van der Waals surface area contributed by atoms with E-state index in [0.29, 0.717) is 0 Å². The lowest BCUT2D eigenvalue weighted by molar-refractivity contribution is 0.509. The van der Waals surface area contributed by atoms with Crippen LogP contribution in [-0.2, 0) is 6.54 Å². The number of thiophene rings is 1. The van der Waals surface area contributed by atoms with Crippen molar-refractivity contribution in [3.05, 3.63) is 51.7 Å².